The second-order valence-corrected chi connectivity index (χ2v) is 4.39. The van der Waals surface area contributed by atoms with Crippen molar-refractivity contribution in [2.75, 3.05) is 0 Å². The quantitative estimate of drug-likeness (QED) is 0.883. The first-order chi connectivity index (χ1) is 7.02. The number of hydrogen-bond donors (Lipinski definition) is 2. The SMILES string of the molecule is CC(NC(=O)[C@H](C)N)c1ccccc1Br. The van der Waals surface area contributed by atoms with Crippen LogP contribution >= 0.6 is 15.9 Å². The fourth-order valence-electron chi connectivity index (χ4n) is 1.25. The largest absolute Gasteiger partial charge is 0.348 e. The zero-order valence-electron chi connectivity index (χ0n) is 8.83. The third kappa shape index (κ3) is 3.32. The molecule has 0 spiro atoms. The minimum absolute atomic E-state index is 0.0425. The van der Waals surface area contributed by atoms with Gasteiger partial charge in [0, 0.05) is 4.47 Å². The molecule has 4 heteroatoms. The summed E-state index contributed by atoms with van der Waals surface area (Å²) in [5.74, 6) is -0.141. The zero-order valence-corrected chi connectivity index (χ0v) is 10.4. The third-order valence-corrected chi connectivity index (χ3v) is 2.87. The van der Waals surface area contributed by atoms with E-state index in [0.29, 0.717) is 0 Å². The Morgan fingerprint density at radius 1 is 1.40 bits per heavy atom. The molecule has 0 heterocycles. The van der Waals surface area contributed by atoms with E-state index < -0.39 is 6.04 Å². The van der Waals surface area contributed by atoms with Crippen molar-refractivity contribution in [1.29, 1.82) is 0 Å². The lowest BCUT2D eigenvalue weighted by Crippen LogP contribution is -2.39. The van der Waals surface area contributed by atoms with Crippen molar-refractivity contribution < 1.29 is 4.79 Å². The van der Waals surface area contributed by atoms with Crippen molar-refractivity contribution in [2.45, 2.75) is 25.9 Å². The summed E-state index contributed by atoms with van der Waals surface area (Å²) in [5.41, 5.74) is 6.52. The smallest absolute Gasteiger partial charge is 0.237 e. The number of rotatable bonds is 3. The molecule has 1 amide bonds. The fraction of sp³-hybridized carbons (Fsp3) is 0.364. The maximum absolute atomic E-state index is 11.4. The Morgan fingerprint density at radius 3 is 2.53 bits per heavy atom. The van der Waals surface area contributed by atoms with Crippen molar-refractivity contribution in [3.05, 3.63) is 34.3 Å². The third-order valence-electron chi connectivity index (χ3n) is 2.14. The average Bonchev–Trinajstić information content (AvgIpc) is 2.18. The Morgan fingerprint density at radius 2 is 2.00 bits per heavy atom. The predicted octanol–water partition coefficient (Wildman–Crippen LogP) is 1.97. The molecular weight excluding hydrogens is 256 g/mol. The van der Waals surface area contributed by atoms with Crippen LogP contribution in [0.25, 0.3) is 0 Å². The number of amides is 1. The monoisotopic (exact) mass is 270 g/mol. The van der Waals surface area contributed by atoms with Crippen LogP contribution in [-0.4, -0.2) is 11.9 Å². The molecule has 0 fully saturated rings. The Bertz CT molecular complexity index is 352. The number of nitrogens with two attached hydrogens (primary N) is 1. The van der Waals surface area contributed by atoms with Crippen LogP contribution in [0.4, 0.5) is 0 Å². The molecule has 3 N–H and O–H groups in total. The minimum atomic E-state index is -0.477. The first-order valence-corrected chi connectivity index (χ1v) is 5.62. The van der Waals surface area contributed by atoms with Gasteiger partial charge in [-0.3, -0.25) is 4.79 Å². The lowest BCUT2D eigenvalue weighted by atomic mass is 10.1. The highest BCUT2D eigenvalue weighted by atomic mass is 79.9. The van der Waals surface area contributed by atoms with Gasteiger partial charge in [-0.05, 0) is 25.5 Å². The Balaban J connectivity index is 2.73. The first-order valence-electron chi connectivity index (χ1n) is 4.82. The van der Waals surface area contributed by atoms with E-state index in [0.717, 1.165) is 10.0 Å². The second-order valence-electron chi connectivity index (χ2n) is 3.54. The van der Waals surface area contributed by atoms with E-state index >= 15 is 0 Å². The van der Waals surface area contributed by atoms with Gasteiger partial charge >= 0.3 is 0 Å². The van der Waals surface area contributed by atoms with E-state index in [1.165, 1.54) is 0 Å². The number of benzene rings is 1. The molecule has 15 heavy (non-hydrogen) atoms. The predicted molar refractivity (Wildman–Crippen MR) is 64.3 cm³/mol. The molecule has 0 saturated heterocycles. The van der Waals surface area contributed by atoms with Crippen molar-refractivity contribution in [1.82, 2.24) is 5.32 Å². The maximum atomic E-state index is 11.4. The summed E-state index contributed by atoms with van der Waals surface area (Å²) in [5, 5.41) is 2.84. The molecule has 0 aliphatic rings. The summed E-state index contributed by atoms with van der Waals surface area (Å²) < 4.78 is 0.988. The minimum Gasteiger partial charge on any atom is -0.348 e. The summed E-state index contributed by atoms with van der Waals surface area (Å²) in [7, 11) is 0. The molecule has 1 unspecified atom stereocenters. The normalized spacial score (nSPS) is 14.4. The molecule has 0 aliphatic heterocycles. The number of carbonyl (C=O) groups excluding carboxylic acids is 1. The van der Waals surface area contributed by atoms with Gasteiger partial charge in [0.05, 0.1) is 12.1 Å². The van der Waals surface area contributed by atoms with Crippen LogP contribution < -0.4 is 11.1 Å². The number of nitrogens with one attached hydrogen (secondary N) is 1. The number of hydrogen-bond acceptors (Lipinski definition) is 2. The lowest BCUT2D eigenvalue weighted by Gasteiger charge is -2.17. The zero-order chi connectivity index (χ0) is 11.4. The van der Waals surface area contributed by atoms with Crippen molar-refractivity contribution >= 4 is 21.8 Å². The van der Waals surface area contributed by atoms with Crippen molar-refractivity contribution in [3.63, 3.8) is 0 Å². The van der Waals surface area contributed by atoms with Crippen LogP contribution in [0.15, 0.2) is 28.7 Å². The molecule has 82 valence electrons. The Kier molecular flexibility index (Phi) is 4.29. The molecule has 0 bridgehead atoms. The van der Waals surface area contributed by atoms with Gasteiger partial charge in [-0.1, -0.05) is 34.1 Å². The second kappa shape index (κ2) is 5.28. The maximum Gasteiger partial charge on any atom is 0.237 e. The molecule has 2 atom stereocenters. The fourth-order valence-corrected chi connectivity index (χ4v) is 1.88. The molecule has 3 nitrogen and oxygen atoms in total. The van der Waals surface area contributed by atoms with E-state index in [-0.39, 0.29) is 11.9 Å². The van der Waals surface area contributed by atoms with Crippen molar-refractivity contribution in [2.24, 2.45) is 5.73 Å². The Hall–Kier alpha value is -0.870. The molecule has 0 saturated carbocycles. The number of carbonyl (C=O) groups is 1. The van der Waals surface area contributed by atoms with Gasteiger partial charge in [0.25, 0.3) is 0 Å². The van der Waals surface area contributed by atoms with E-state index in [2.05, 4.69) is 21.2 Å². The summed E-state index contributed by atoms with van der Waals surface area (Å²) >= 11 is 3.44. The highest BCUT2D eigenvalue weighted by Crippen LogP contribution is 2.22. The number of halogens is 1. The van der Waals surface area contributed by atoms with Gasteiger partial charge in [-0.25, -0.2) is 0 Å². The van der Waals surface area contributed by atoms with Gasteiger partial charge in [0.15, 0.2) is 0 Å². The van der Waals surface area contributed by atoms with Gasteiger partial charge in [-0.15, -0.1) is 0 Å². The van der Waals surface area contributed by atoms with Crippen LogP contribution in [0.1, 0.15) is 25.5 Å². The van der Waals surface area contributed by atoms with Crippen LogP contribution in [0.3, 0.4) is 0 Å². The van der Waals surface area contributed by atoms with E-state index in [1.54, 1.807) is 6.92 Å². The first kappa shape index (κ1) is 12.2. The molecule has 0 radical (unpaired) electrons. The standard InChI is InChI=1S/C11H15BrN2O/c1-7(13)11(15)14-8(2)9-5-3-4-6-10(9)12/h3-8H,13H2,1-2H3,(H,14,15)/t7-,8?/m0/s1. The Labute approximate surface area is 98.2 Å². The molecule has 1 aromatic rings. The molecular formula is C11H15BrN2O. The summed E-state index contributed by atoms with van der Waals surface area (Å²) in [4.78, 5) is 11.4. The van der Waals surface area contributed by atoms with E-state index in [1.807, 2.05) is 31.2 Å². The van der Waals surface area contributed by atoms with Crippen LogP contribution in [0.2, 0.25) is 0 Å². The average molecular weight is 271 g/mol. The lowest BCUT2D eigenvalue weighted by molar-refractivity contribution is -0.122. The van der Waals surface area contributed by atoms with Crippen LogP contribution in [-0.2, 0) is 4.79 Å². The molecule has 1 aromatic carbocycles. The van der Waals surface area contributed by atoms with E-state index in [9.17, 15) is 4.79 Å². The highest BCUT2D eigenvalue weighted by Gasteiger charge is 2.13. The van der Waals surface area contributed by atoms with Gasteiger partial charge in [-0.2, -0.15) is 0 Å². The van der Waals surface area contributed by atoms with Crippen LogP contribution in [0.5, 0.6) is 0 Å². The van der Waals surface area contributed by atoms with Crippen molar-refractivity contribution in [3.8, 4) is 0 Å². The topological polar surface area (TPSA) is 55.1 Å². The summed E-state index contributed by atoms with van der Waals surface area (Å²) in [6.45, 7) is 3.60. The molecule has 0 aromatic heterocycles. The summed E-state index contributed by atoms with van der Waals surface area (Å²) in [6, 6.07) is 7.27. The highest BCUT2D eigenvalue weighted by molar-refractivity contribution is 9.10. The van der Waals surface area contributed by atoms with E-state index in [4.69, 9.17) is 5.73 Å². The van der Waals surface area contributed by atoms with Gasteiger partial charge in [0.1, 0.15) is 0 Å². The molecule has 1 rings (SSSR count). The van der Waals surface area contributed by atoms with Gasteiger partial charge in [0.2, 0.25) is 5.91 Å². The molecule has 0 aliphatic carbocycles. The summed E-state index contributed by atoms with van der Waals surface area (Å²) in [6.07, 6.45) is 0. The van der Waals surface area contributed by atoms with Crippen LogP contribution in [0, 0.1) is 0 Å². The van der Waals surface area contributed by atoms with Gasteiger partial charge < -0.3 is 11.1 Å².